The maximum absolute atomic E-state index is 4.36. The first-order valence-corrected chi connectivity index (χ1v) is 7.27. The summed E-state index contributed by atoms with van der Waals surface area (Å²) in [7, 11) is 0. The first kappa shape index (κ1) is 14.1. The van der Waals surface area contributed by atoms with E-state index in [1.54, 1.807) is 35.7 Å². The Morgan fingerprint density at radius 2 is 1.88 bits per heavy atom. The van der Waals surface area contributed by atoms with Crippen molar-refractivity contribution in [1.82, 2.24) is 29.7 Å². The zero-order valence-corrected chi connectivity index (χ0v) is 12.6. The first-order chi connectivity index (χ1) is 11.9. The fourth-order valence-electron chi connectivity index (χ4n) is 2.25. The van der Waals surface area contributed by atoms with E-state index in [0.717, 1.165) is 16.6 Å². The molecule has 0 aliphatic carbocycles. The second-order valence-electron chi connectivity index (χ2n) is 4.96. The predicted octanol–water partition coefficient (Wildman–Crippen LogP) is 2.89. The normalized spacial score (nSPS) is 11.3. The fraction of sp³-hybridized carbons (Fsp3) is 0.0625. The zero-order chi connectivity index (χ0) is 16.2. The molecule has 0 radical (unpaired) electrons. The van der Waals surface area contributed by atoms with E-state index < -0.39 is 0 Å². The molecule has 0 bridgehead atoms. The van der Waals surface area contributed by atoms with Crippen LogP contribution >= 0.6 is 0 Å². The second kappa shape index (κ2) is 6.29. The molecule has 0 N–H and O–H groups in total. The Labute approximate surface area is 137 Å². The Balaban J connectivity index is 1.66. The average molecular weight is 316 g/mol. The summed E-state index contributed by atoms with van der Waals surface area (Å²) in [5.74, 6) is 0.490. The second-order valence-corrected chi connectivity index (χ2v) is 4.96. The molecule has 0 saturated carbocycles. The Hall–Kier alpha value is -3.55. The number of nitrogens with zero attached hydrogens (tertiary/aromatic N) is 8. The molecule has 0 unspecified atom stereocenters. The van der Waals surface area contributed by atoms with Gasteiger partial charge in [0.05, 0.1) is 30.0 Å². The van der Waals surface area contributed by atoms with Gasteiger partial charge in [-0.25, -0.2) is 14.6 Å². The van der Waals surface area contributed by atoms with Gasteiger partial charge >= 0.3 is 0 Å². The van der Waals surface area contributed by atoms with Crippen LogP contribution in [0.3, 0.4) is 0 Å². The highest BCUT2D eigenvalue weighted by Crippen LogP contribution is 2.23. The molecule has 8 heteroatoms. The van der Waals surface area contributed by atoms with Crippen LogP contribution in [0.4, 0.5) is 5.82 Å². The molecule has 0 amide bonds. The van der Waals surface area contributed by atoms with E-state index in [9.17, 15) is 0 Å². The van der Waals surface area contributed by atoms with Crippen molar-refractivity contribution in [3.63, 3.8) is 0 Å². The molecule has 4 aromatic rings. The number of azo groups is 1. The molecule has 0 fully saturated rings. The summed E-state index contributed by atoms with van der Waals surface area (Å²) in [6.45, 7) is 0.463. The van der Waals surface area contributed by atoms with Crippen molar-refractivity contribution < 1.29 is 0 Å². The number of rotatable bonds is 4. The number of aromatic nitrogens is 6. The molecule has 0 saturated heterocycles. The lowest BCUT2D eigenvalue weighted by molar-refractivity contribution is 0.887. The molecule has 0 aromatic carbocycles. The van der Waals surface area contributed by atoms with Crippen molar-refractivity contribution in [3.8, 4) is 5.69 Å². The summed E-state index contributed by atoms with van der Waals surface area (Å²) in [5.41, 5.74) is 2.52. The number of hydrogen-bond acceptors (Lipinski definition) is 7. The molecule has 24 heavy (non-hydrogen) atoms. The van der Waals surface area contributed by atoms with Crippen LogP contribution in [0.1, 0.15) is 5.56 Å². The number of hydrogen-bond donors (Lipinski definition) is 0. The Kier molecular flexibility index (Phi) is 3.69. The molecule has 0 aliphatic rings. The lowest BCUT2D eigenvalue weighted by Gasteiger charge is -2.01. The maximum Gasteiger partial charge on any atom is 0.188 e. The molecule has 116 valence electrons. The van der Waals surface area contributed by atoms with E-state index in [2.05, 4.69) is 35.3 Å². The minimum absolute atomic E-state index is 0.463. The van der Waals surface area contributed by atoms with E-state index in [1.165, 1.54) is 6.33 Å². The highest BCUT2D eigenvalue weighted by Gasteiger charge is 2.10. The zero-order valence-electron chi connectivity index (χ0n) is 12.6. The van der Waals surface area contributed by atoms with Gasteiger partial charge in [0.2, 0.25) is 0 Å². The van der Waals surface area contributed by atoms with E-state index in [1.807, 2.05) is 24.3 Å². The third-order valence-electron chi connectivity index (χ3n) is 3.40. The third kappa shape index (κ3) is 2.72. The standard InChI is InChI=1S/C16H12N8/c1-2-13(9-18-5-1)24-16-14(10-22-24)15(19-11-20-16)23-21-8-12-3-6-17-7-4-12/h1-7,9-11H,8H2. The van der Waals surface area contributed by atoms with Crippen LogP contribution in [0.2, 0.25) is 0 Å². The average Bonchev–Trinajstić information content (AvgIpc) is 3.08. The fourth-order valence-corrected chi connectivity index (χ4v) is 2.25. The number of fused-ring (bicyclic) bond motifs is 1. The van der Waals surface area contributed by atoms with Crippen LogP contribution in [-0.2, 0) is 6.54 Å². The van der Waals surface area contributed by atoms with Gasteiger partial charge in [-0.1, -0.05) is 0 Å². The van der Waals surface area contributed by atoms with Crippen LogP contribution in [0.25, 0.3) is 16.7 Å². The van der Waals surface area contributed by atoms with E-state index in [4.69, 9.17) is 0 Å². The van der Waals surface area contributed by atoms with Crippen molar-refractivity contribution in [2.24, 2.45) is 10.2 Å². The predicted molar refractivity (Wildman–Crippen MR) is 86.9 cm³/mol. The summed E-state index contributed by atoms with van der Waals surface area (Å²) in [6.07, 6.45) is 10.0. The molecule has 4 heterocycles. The molecule has 8 nitrogen and oxygen atoms in total. The molecule has 4 aromatic heterocycles. The van der Waals surface area contributed by atoms with E-state index in [-0.39, 0.29) is 0 Å². The maximum atomic E-state index is 4.36. The van der Waals surface area contributed by atoms with Crippen LogP contribution in [0.5, 0.6) is 0 Å². The molecule has 4 rings (SSSR count). The minimum atomic E-state index is 0.463. The molecule has 0 atom stereocenters. The van der Waals surface area contributed by atoms with Gasteiger partial charge in [-0.15, -0.1) is 5.11 Å². The van der Waals surface area contributed by atoms with Gasteiger partial charge in [0.25, 0.3) is 0 Å². The van der Waals surface area contributed by atoms with Gasteiger partial charge in [-0.3, -0.25) is 9.97 Å². The topological polar surface area (TPSA) is 94.1 Å². The molecule has 0 spiro atoms. The summed E-state index contributed by atoms with van der Waals surface area (Å²) in [4.78, 5) is 16.6. The Morgan fingerprint density at radius 3 is 2.71 bits per heavy atom. The van der Waals surface area contributed by atoms with E-state index >= 15 is 0 Å². The van der Waals surface area contributed by atoms with Crippen LogP contribution in [0.15, 0.2) is 71.8 Å². The van der Waals surface area contributed by atoms with Crippen molar-refractivity contribution >= 4 is 16.9 Å². The quantitative estimate of drug-likeness (QED) is 0.540. The Bertz CT molecular complexity index is 979. The van der Waals surface area contributed by atoms with Gasteiger partial charge in [-0.05, 0) is 29.8 Å². The van der Waals surface area contributed by atoms with Crippen molar-refractivity contribution in [3.05, 3.63) is 67.1 Å². The SMILES string of the molecule is c1cncc(-n2ncc3c(N=NCc4ccncc4)ncnc32)c1. The lowest BCUT2D eigenvalue weighted by atomic mass is 10.3. The summed E-state index contributed by atoms with van der Waals surface area (Å²) in [6, 6.07) is 7.55. The van der Waals surface area contributed by atoms with Crippen molar-refractivity contribution in [2.45, 2.75) is 6.54 Å². The van der Waals surface area contributed by atoms with Gasteiger partial charge in [-0.2, -0.15) is 10.2 Å². The molecular weight excluding hydrogens is 304 g/mol. The monoisotopic (exact) mass is 316 g/mol. The van der Waals surface area contributed by atoms with Crippen LogP contribution in [0, 0.1) is 0 Å². The number of pyridine rings is 2. The van der Waals surface area contributed by atoms with Crippen LogP contribution < -0.4 is 0 Å². The van der Waals surface area contributed by atoms with E-state index in [0.29, 0.717) is 18.0 Å². The lowest BCUT2D eigenvalue weighted by Crippen LogP contribution is -1.97. The molecule has 0 aliphatic heterocycles. The third-order valence-corrected chi connectivity index (χ3v) is 3.40. The van der Waals surface area contributed by atoms with Crippen LogP contribution in [-0.4, -0.2) is 29.7 Å². The largest absolute Gasteiger partial charge is 0.265 e. The van der Waals surface area contributed by atoms with Gasteiger partial charge < -0.3 is 0 Å². The van der Waals surface area contributed by atoms with Gasteiger partial charge in [0.1, 0.15) is 6.33 Å². The van der Waals surface area contributed by atoms with Gasteiger partial charge in [0, 0.05) is 18.6 Å². The minimum Gasteiger partial charge on any atom is -0.265 e. The van der Waals surface area contributed by atoms with Gasteiger partial charge in [0.15, 0.2) is 11.5 Å². The van der Waals surface area contributed by atoms with Crippen molar-refractivity contribution in [2.75, 3.05) is 0 Å². The smallest absolute Gasteiger partial charge is 0.188 e. The highest BCUT2D eigenvalue weighted by molar-refractivity contribution is 5.85. The summed E-state index contributed by atoms with van der Waals surface area (Å²) in [5, 5.41) is 13.5. The van der Waals surface area contributed by atoms with Crippen molar-refractivity contribution in [1.29, 1.82) is 0 Å². The summed E-state index contributed by atoms with van der Waals surface area (Å²) >= 11 is 0. The summed E-state index contributed by atoms with van der Waals surface area (Å²) < 4.78 is 1.70. The first-order valence-electron chi connectivity index (χ1n) is 7.27. The highest BCUT2D eigenvalue weighted by atomic mass is 15.3. The molecular formula is C16H12N8. The Morgan fingerprint density at radius 1 is 0.958 bits per heavy atom.